The highest BCUT2D eigenvalue weighted by atomic mass is 16.5. The second-order valence-electron chi connectivity index (χ2n) is 7.16. The number of benzene rings is 2. The number of carbonyl (C=O) groups excluding carboxylic acids is 2. The first kappa shape index (κ1) is 19.7. The van der Waals surface area contributed by atoms with Crippen LogP contribution in [0.15, 0.2) is 42.5 Å². The van der Waals surface area contributed by atoms with Crippen LogP contribution in [0.2, 0.25) is 0 Å². The van der Waals surface area contributed by atoms with Gasteiger partial charge in [-0.25, -0.2) is 0 Å². The number of nitrogens with one attached hydrogen (secondary N) is 1. The van der Waals surface area contributed by atoms with Gasteiger partial charge < -0.3 is 19.7 Å². The number of rotatable bonds is 5. The minimum absolute atomic E-state index is 0.114. The summed E-state index contributed by atoms with van der Waals surface area (Å²) in [6.07, 6.45) is -0.755. The summed E-state index contributed by atoms with van der Waals surface area (Å²) in [6.45, 7) is 6.21. The summed E-state index contributed by atoms with van der Waals surface area (Å²) in [5.41, 5.74) is 2.77. The quantitative estimate of drug-likeness (QED) is 0.863. The summed E-state index contributed by atoms with van der Waals surface area (Å²) in [7, 11) is 1.55. The van der Waals surface area contributed by atoms with Gasteiger partial charge in [0.05, 0.1) is 12.2 Å². The minimum atomic E-state index is -0.755. The van der Waals surface area contributed by atoms with Crippen molar-refractivity contribution in [3.05, 3.63) is 53.6 Å². The molecule has 0 saturated heterocycles. The lowest BCUT2D eigenvalue weighted by atomic mass is 10.0. The zero-order chi connectivity index (χ0) is 20.3. The highest BCUT2D eigenvalue weighted by Gasteiger charge is 2.33. The molecule has 1 atom stereocenters. The van der Waals surface area contributed by atoms with E-state index in [1.807, 2.05) is 31.2 Å². The molecule has 0 aromatic heterocycles. The number of aryl methyl sites for hydroxylation is 1. The second-order valence-corrected chi connectivity index (χ2v) is 7.16. The molecule has 2 amide bonds. The van der Waals surface area contributed by atoms with Gasteiger partial charge in [-0.05, 0) is 42.2 Å². The van der Waals surface area contributed by atoms with E-state index in [0.29, 0.717) is 23.1 Å². The SMILES string of the molecule is CNC(=O)C1CN(C(=O)COc2cc(C(C)C)ccc2C)c2ccccc2O1. The molecule has 1 unspecified atom stereocenters. The molecule has 0 fully saturated rings. The van der Waals surface area contributed by atoms with Gasteiger partial charge in [-0.1, -0.05) is 38.1 Å². The molecule has 148 valence electrons. The Kier molecular flexibility index (Phi) is 5.87. The Morgan fingerprint density at radius 3 is 2.71 bits per heavy atom. The zero-order valence-corrected chi connectivity index (χ0v) is 16.7. The van der Waals surface area contributed by atoms with Crippen molar-refractivity contribution in [3.63, 3.8) is 0 Å². The van der Waals surface area contributed by atoms with Gasteiger partial charge in [-0.2, -0.15) is 0 Å². The number of hydrogen-bond donors (Lipinski definition) is 1. The fraction of sp³-hybridized carbons (Fsp3) is 0.364. The van der Waals surface area contributed by atoms with Crippen LogP contribution in [-0.2, 0) is 9.59 Å². The molecule has 1 aliphatic rings. The van der Waals surface area contributed by atoms with E-state index < -0.39 is 6.10 Å². The summed E-state index contributed by atoms with van der Waals surface area (Å²) in [5.74, 6) is 1.09. The minimum Gasteiger partial charge on any atom is -0.483 e. The Morgan fingerprint density at radius 1 is 1.25 bits per heavy atom. The van der Waals surface area contributed by atoms with E-state index in [-0.39, 0.29) is 25.0 Å². The van der Waals surface area contributed by atoms with Gasteiger partial charge in [-0.15, -0.1) is 0 Å². The highest BCUT2D eigenvalue weighted by molar-refractivity contribution is 5.98. The molecule has 2 aromatic rings. The lowest BCUT2D eigenvalue weighted by Crippen LogP contribution is -2.51. The van der Waals surface area contributed by atoms with Crippen molar-refractivity contribution in [1.82, 2.24) is 5.32 Å². The highest BCUT2D eigenvalue weighted by Crippen LogP contribution is 2.33. The third kappa shape index (κ3) is 4.11. The summed E-state index contributed by atoms with van der Waals surface area (Å²) in [4.78, 5) is 26.6. The van der Waals surface area contributed by atoms with Gasteiger partial charge >= 0.3 is 0 Å². The summed E-state index contributed by atoms with van der Waals surface area (Å²) >= 11 is 0. The molecule has 0 radical (unpaired) electrons. The lowest BCUT2D eigenvalue weighted by Gasteiger charge is -2.34. The number of fused-ring (bicyclic) bond motifs is 1. The van der Waals surface area contributed by atoms with E-state index in [9.17, 15) is 9.59 Å². The molecule has 2 aromatic carbocycles. The van der Waals surface area contributed by atoms with Gasteiger partial charge in [0.2, 0.25) is 0 Å². The summed E-state index contributed by atoms with van der Waals surface area (Å²) in [6, 6.07) is 13.3. The maximum atomic E-state index is 12.9. The van der Waals surface area contributed by atoms with Crippen LogP contribution in [0.25, 0.3) is 0 Å². The van der Waals surface area contributed by atoms with Crippen LogP contribution < -0.4 is 19.7 Å². The first-order valence-electron chi connectivity index (χ1n) is 9.41. The lowest BCUT2D eigenvalue weighted by molar-refractivity contribution is -0.128. The molecular formula is C22H26N2O4. The average molecular weight is 382 g/mol. The van der Waals surface area contributed by atoms with E-state index in [0.717, 1.165) is 11.1 Å². The average Bonchev–Trinajstić information content (AvgIpc) is 2.71. The largest absolute Gasteiger partial charge is 0.483 e. The number of anilines is 1. The van der Waals surface area contributed by atoms with Crippen LogP contribution in [0.3, 0.4) is 0 Å². The van der Waals surface area contributed by atoms with Crippen molar-refractivity contribution >= 4 is 17.5 Å². The molecule has 0 spiro atoms. The Hall–Kier alpha value is -3.02. The van der Waals surface area contributed by atoms with Gasteiger partial charge in [0.25, 0.3) is 11.8 Å². The van der Waals surface area contributed by atoms with E-state index in [1.54, 1.807) is 24.1 Å². The number of nitrogens with zero attached hydrogens (tertiary/aromatic N) is 1. The molecule has 1 aliphatic heterocycles. The van der Waals surface area contributed by atoms with Crippen LogP contribution in [-0.4, -0.2) is 38.1 Å². The standard InChI is InChI=1S/C22H26N2O4/c1-14(2)16-10-9-15(3)19(11-16)27-13-21(25)24-12-20(22(26)23-4)28-18-8-6-5-7-17(18)24/h5-11,14,20H,12-13H2,1-4H3,(H,23,26). The first-order valence-corrected chi connectivity index (χ1v) is 9.41. The third-order valence-electron chi connectivity index (χ3n) is 4.84. The number of carbonyl (C=O) groups is 2. The van der Waals surface area contributed by atoms with E-state index in [2.05, 4.69) is 25.2 Å². The second kappa shape index (κ2) is 8.33. The summed E-state index contributed by atoms with van der Waals surface area (Å²) < 4.78 is 11.6. The zero-order valence-electron chi connectivity index (χ0n) is 16.7. The Bertz CT molecular complexity index is 879. The fourth-order valence-corrected chi connectivity index (χ4v) is 3.12. The van der Waals surface area contributed by atoms with Crippen molar-refractivity contribution in [2.24, 2.45) is 0 Å². The predicted octanol–water partition coefficient (Wildman–Crippen LogP) is 3.04. The molecule has 28 heavy (non-hydrogen) atoms. The molecule has 6 heteroatoms. The normalized spacial score (nSPS) is 15.6. The summed E-state index contributed by atoms with van der Waals surface area (Å²) in [5, 5.41) is 2.57. The maximum Gasteiger partial charge on any atom is 0.265 e. The number of para-hydroxylation sites is 2. The molecule has 3 rings (SSSR count). The molecule has 1 N–H and O–H groups in total. The Balaban J connectivity index is 1.78. The van der Waals surface area contributed by atoms with Crippen molar-refractivity contribution in [2.45, 2.75) is 32.8 Å². The van der Waals surface area contributed by atoms with Gasteiger partial charge in [-0.3, -0.25) is 9.59 Å². The van der Waals surface area contributed by atoms with Gasteiger partial charge in [0, 0.05) is 7.05 Å². The third-order valence-corrected chi connectivity index (χ3v) is 4.84. The van der Waals surface area contributed by atoms with Crippen LogP contribution in [0.4, 0.5) is 5.69 Å². The van der Waals surface area contributed by atoms with Gasteiger partial charge in [0.1, 0.15) is 11.5 Å². The maximum absolute atomic E-state index is 12.9. The Morgan fingerprint density at radius 2 is 2.00 bits per heavy atom. The van der Waals surface area contributed by atoms with E-state index >= 15 is 0 Å². The smallest absolute Gasteiger partial charge is 0.265 e. The fourth-order valence-electron chi connectivity index (χ4n) is 3.12. The molecule has 0 aliphatic carbocycles. The topological polar surface area (TPSA) is 67.9 Å². The first-order chi connectivity index (χ1) is 13.4. The van der Waals surface area contributed by atoms with E-state index in [4.69, 9.17) is 9.47 Å². The van der Waals surface area contributed by atoms with Crippen LogP contribution >= 0.6 is 0 Å². The van der Waals surface area contributed by atoms with Crippen molar-refractivity contribution < 1.29 is 19.1 Å². The number of amides is 2. The van der Waals surface area contributed by atoms with Crippen molar-refractivity contribution in [1.29, 1.82) is 0 Å². The molecule has 6 nitrogen and oxygen atoms in total. The Labute approximate surface area is 165 Å². The van der Waals surface area contributed by atoms with Crippen molar-refractivity contribution in [2.75, 3.05) is 25.1 Å². The van der Waals surface area contributed by atoms with Crippen LogP contribution in [0.5, 0.6) is 11.5 Å². The van der Waals surface area contributed by atoms with Crippen LogP contribution in [0, 0.1) is 6.92 Å². The van der Waals surface area contributed by atoms with Crippen molar-refractivity contribution in [3.8, 4) is 11.5 Å². The molecule has 0 bridgehead atoms. The molecule has 0 saturated carbocycles. The molecular weight excluding hydrogens is 356 g/mol. The predicted molar refractivity (Wildman–Crippen MR) is 108 cm³/mol. The molecule has 1 heterocycles. The van der Waals surface area contributed by atoms with E-state index in [1.165, 1.54) is 0 Å². The van der Waals surface area contributed by atoms with Crippen LogP contribution in [0.1, 0.15) is 30.9 Å². The van der Waals surface area contributed by atoms with Gasteiger partial charge in [0.15, 0.2) is 12.7 Å². The number of ether oxygens (including phenoxy) is 2. The monoisotopic (exact) mass is 382 g/mol. The number of hydrogen-bond acceptors (Lipinski definition) is 4. The number of likely N-dealkylation sites (N-methyl/N-ethyl adjacent to an activating group) is 1.